The van der Waals surface area contributed by atoms with E-state index in [4.69, 9.17) is 4.74 Å². The highest BCUT2D eigenvalue weighted by Crippen LogP contribution is 2.15. The van der Waals surface area contributed by atoms with Gasteiger partial charge in [-0.05, 0) is 33.7 Å². The van der Waals surface area contributed by atoms with Gasteiger partial charge < -0.3 is 15.4 Å². The highest BCUT2D eigenvalue weighted by Gasteiger charge is 2.34. The Hall–Kier alpha value is -0.750. The Labute approximate surface area is 120 Å². The Morgan fingerprint density at radius 2 is 1.95 bits per heavy atom. The van der Waals surface area contributed by atoms with Gasteiger partial charge in [0.1, 0.15) is 5.54 Å². The molecule has 0 aliphatic carbocycles. The molecule has 0 radical (unpaired) electrons. The Morgan fingerprint density at radius 1 is 1.26 bits per heavy atom. The zero-order valence-electron chi connectivity index (χ0n) is 12.4. The van der Waals surface area contributed by atoms with Gasteiger partial charge in [0.15, 0.2) is 0 Å². The molecule has 0 bridgehead atoms. The minimum absolute atomic E-state index is 0.00537. The van der Waals surface area contributed by atoms with E-state index >= 15 is 0 Å². The summed E-state index contributed by atoms with van der Waals surface area (Å²) in [7, 11) is 0. The van der Waals surface area contributed by atoms with Crippen LogP contribution in [0.2, 0.25) is 0 Å². The lowest BCUT2D eigenvalue weighted by Gasteiger charge is -2.28. The largest absolute Gasteiger partial charge is 0.465 e. The first-order valence-corrected chi connectivity index (χ1v) is 7.92. The number of nitrogens with one attached hydrogen (secondary N) is 2. The van der Waals surface area contributed by atoms with E-state index in [0.29, 0.717) is 24.7 Å². The summed E-state index contributed by atoms with van der Waals surface area (Å²) in [5, 5.41) is 5.94. The van der Waals surface area contributed by atoms with Crippen LogP contribution in [0.1, 0.15) is 34.1 Å². The smallest absolute Gasteiger partial charge is 0.326 e. The highest BCUT2D eigenvalue weighted by molar-refractivity contribution is 8.00. The molecule has 0 fully saturated rings. The van der Waals surface area contributed by atoms with Crippen LogP contribution in [0.5, 0.6) is 0 Å². The molecule has 6 heteroatoms. The van der Waals surface area contributed by atoms with Crippen molar-refractivity contribution in [3.05, 3.63) is 0 Å². The first-order chi connectivity index (χ1) is 9.00. The van der Waals surface area contributed by atoms with Gasteiger partial charge in [-0.2, -0.15) is 0 Å². The van der Waals surface area contributed by atoms with Crippen LogP contribution in [0.3, 0.4) is 0 Å². The van der Waals surface area contributed by atoms with Gasteiger partial charge >= 0.3 is 5.97 Å². The number of carbonyl (C=O) groups excluding carboxylic acids is 2. The zero-order valence-corrected chi connectivity index (χ0v) is 13.2. The molecular weight excluding hydrogens is 264 g/mol. The zero-order chi connectivity index (χ0) is 14.7. The number of carbonyl (C=O) groups is 2. The van der Waals surface area contributed by atoms with E-state index in [9.17, 15) is 9.59 Å². The van der Waals surface area contributed by atoms with Crippen molar-refractivity contribution in [2.75, 3.05) is 31.2 Å². The molecule has 0 saturated heterocycles. The van der Waals surface area contributed by atoms with Gasteiger partial charge in [0.25, 0.3) is 0 Å². The first kappa shape index (κ1) is 18.2. The summed E-state index contributed by atoms with van der Waals surface area (Å²) in [6.45, 7) is 9.28. The average molecular weight is 290 g/mol. The van der Waals surface area contributed by atoms with E-state index in [-0.39, 0.29) is 11.9 Å². The van der Waals surface area contributed by atoms with E-state index in [0.717, 1.165) is 13.0 Å². The molecule has 0 aromatic heterocycles. The number of amides is 1. The van der Waals surface area contributed by atoms with Crippen molar-refractivity contribution in [3.63, 3.8) is 0 Å². The van der Waals surface area contributed by atoms with Crippen LogP contribution in [-0.4, -0.2) is 48.6 Å². The monoisotopic (exact) mass is 290 g/mol. The summed E-state index contributed by atoms with van der Waals surface area (Å²) in [5.74, 6) is 0.612. The minimum atomic E-state index is -0.733. The van der Waals surface area contributed by atoms with Gasteiger partial charge in [-0.3, -0.25) is 9.59 Å². The maximum Gasteiger partial charge on any atom is 0.326 e. The maximum absolute atomic E-state index is 12.0. The third-order valence-electron chi connectivity index (χ3n) is 2.49. The fraction of sp³-hybridized carbons (Fsp3) is 0.846. The van der Waals surface area contributed by atoms with E-state index in [1.807, 2.05) is 20.8 Å². The highest BCUT2D eigenvalue weighted by atomic mass is 32.2. The standard InChI is InChI=1S/C13H26N2O3S/c1-5-8-15-13(4,12(17)18-7-3)10-19-9-11(16)14-6-2/h15H,5-10H2,1-4H3,(H,14,16). The second-order valence-corrected chi connectivity index (χ2v) is 5.41. The van der Waals surface area contributed by atoms with E-state index < -0.39 is 5.54 Å². The fourth-order valence-electron chi connectivity index (χ4n) is 1.47. The molecule has 0 aromatic rings. The van der Waals surface area contributed by atoms with Crippen LogP contribution < -0.4 is 10.6 Å². The van der Waals surface area contributed by atoms with Crippen LogP contribution in [0.25, 0.3) is 0 Å². The maximum atomic E-state index is 12.0. The number of hydrogen-bond donors (Lipinski definition) is 2. The van der Waals surface area contributed by atoms with Crippen LogP contribution in [0.15, 0.2) is 0 Å². The molecule has 1 amide bonds. The number of rotatable bonds is 10. The van der Waals surface area contributed by atoms with Crippen molar-refractivity contribution >= 4 is 23.6 Å². The van der Waals surface area contributed by atoms with Gasteiger partial charge in [-0.15, -0.1) is 11.8 Å². The topological polar surface area (TPSA) is 67.4 Å². The van der Waals surface area contributed by atoms with Crippen molar-refractivity contribution in [1.29, 1.82) is 0 Å². The Balaban J connectivity index is 4.33. The average Bonchev–Trinajstić information content (AvgIpc) is 2.37. The summed E-state index contributed by atoms with van der Waals surface area (Å²) < 4.78 is 5.09. The molecule has 0 heterocycles. The second kappa shape index (κ2) is 10.1. The molecule has 0 spiro atoms. The van der Waals surface area contributed by atoms with E-state index in [2.05, 4.69) is 10.6 Å². The van der Waals surface area contributed by atoms with Crippen LogP contribution in [0, 0.1) is 0 Å². The Kier molecular flexibility index (Phi) is 9.69. The third-order valence-corrected chi connectivity index (χ3v) is 3.74. The summed E-state index contributed by atoms with van der Waals surface area (Å²) in [5.41, 5.74) is -0.733. The number of hydrogen-bond acceptors (Lipinski definition) is 5. The second-order valence-electron chi connectivity index (χ2n) is 4.43. The number of ether oxygens (including phenoxy) is 1. The van der Waals surface area contributed by atoms with Crippen LogP contribution >= 0.6 is 11.8 Å². The summed E-state index contributed by atoms with van der Waals surface area (Å²) in [4.78, 5) is 23.3. The molecule has 1 unspecified atom stereocenters. The van der Waals surface area contributed by atoms with Gasteiger partial charge in [-0.1, -0.05) is 6.92 Å². The van der Waals surface area contributed by atoms with Crippen molar-refractivity contribution in [2.45, 2.75) is 39.7 Å². The van der Waals surface area contributed by atoms with Crippen molar-refractivity contribution < 1.29 is 14.3 Å². The lowest BCUT2D eigenvalue weighted by molar-refractivity contribution is -0.149. The summed E-state index contributed by atoms with van der Waals surface area (Å²) in [6, 6.07) is 0. The van der Waals surface area contributed by atoms with Crippen molar-refractivity contribution in [1.82, 2.24) is 10.6 Å². The number of thioether (sulfide) groups is 1. The lowest BCUT2D eigenvalue weighted by atomic mass is 10.1. The van der Waals surface area contributed by atoms with Crippen molar-refractivity contribution in [3.8, 4) is 0 Å². The van der Waals surface area contributed by atoms with Gasteiger partial charge in [0.05, 0.1) is 12.4 Å². The Morgan fingerprint density at radius 3 is 2.47 bits per heavy atom. The van der Waals surface area contributed by atoms with E-state index in [1.165, 1.54) is 11.8 Å². The number of esters is 1. The molecule has 0 aliphatic rings. The molecule has 0 aliphatic heterocycles. The van der Waals surface area contributed by atoms with Crippen LogP contribution in [0.4, 0.5) is 0 Å². The molecule has 5 nitrogen and oxygen atoms in total. The predicted octanol–water partition coefficient (Wildman–Crippen LogP) is 1.18. The molecule has 1 atom stereocenters. The molecular formula is C13H26N2O3S. The molecule has 2 N–H and O–H groups in total. The molecule has 0 saturated carbocycles. The third kappa shape index (κ3) is 7.42. The molecule has 0 aromatic carbocycles. The van der Waals surface area contributed by atoms with Gasteiger partial charge in [0, 0.05) is 12.3 Å². The lowest BCUT2D eigenvalue weighted by Crippen LogP contribution is -2.53. The SMILES string of the molecule is CCCNC(C)(CSCC(=O)NCC)C(=O)OCC. The fourth-order valence-corrected chi connectivity index (χ4v) is 2.49. The first-order valence-electron chi connectivity index (χ1n) is 6.76. The van der Waals surface area contributed by atoms with Gasteiger partial charge in [-0.25, -0.2) is 0 Å². The normalized spacial score (nSPS) is 13.7. The molecule has 19 heavy (non-hydrogen) atoms. The quantitative estimate of drug-likeness (QED) is 0.591. The summed E-state index contributed by atoms with van der Waals surface area (Å²) in [6.07, 6.45) is 0.940. The Bertz CT molecular complexity index is 287. The molecule has 112 valence electrons. The minimum Gasteiger partial charge on any atom is -0.465 e. The predicted molar refractivity (Wildman–Crippen MR) is 79.3 cm³/mol. The summed E-state index contributed by atoms with van der Waals surface area (Å²) >= 11 is 1.44. The van der Waals surface area contributed by atoms with E-state index in [1.54, 1.807) is 6.92 Å². The van der Waals surface area contributed by atoms with Crippen LogP contribution in [-0.2, 0) is 14.3 Å². The van der Waals surface area contributed by atoms with Gasteiger partial charge in [0.2, 0.25) is 5.91 Å². The van der Waals surface area contributed by atoms with Crippen molar-refractivity contribution in [2.24, 2.45) is 0 Å². The molecule has 0 rings (SSSR count).